The van der Waals surface area contributed by atoms with Crippen molar-refractivity contribution < 1.29 is 17.9 Å². The lowest BCUT2D eigenvalue weighted by molar-refractivity contribution is -0.118. The highest BCUT2D eigenvalue weighted by Gasteiger charge is 2.39. The largest absolute Gasteiger partial charge is 0.490 e. The van der Waals surface area contributed by atoms with Crippen LogP contribution in [0, 0.1) is 0 Å². The number of amides is 1. The Balaban J connectivity index is 1.35. The summed E-state index contributed by atoms with van der Waals surface area (Å²) in [5.41, 5.74) is 2.51. The fraction of sp³-hybridized carbons (Fsp3) is 0.565. The van der Waals surface area contributed by atoms with Gasteiger partial charge in [-0.15, -0.1) is 0 Å². The summed E-state index contributed by atoms with van der Waals surface area (Å²) in [4.78, 5) is 14.9. The van der Waals surface area contributed by atoms with Crippen LogP contribution in [0.15, 0.2) is 30.6 Å². The quantitative estimate of drug-likeness (QED) is 0.733. The number of ether oxygens (including phenoxy) is 1. The molecule has 0 bridgehead atoms. The highest BCUT2D eigenvalue weighted by molar-refractivity contribution is 7.89. The van der Waals surface area contributed by atoms with E-state index in [4.69, 9.17) is 4.74 Å². The molecule has 10 heteroatoms. The molecule has 1 atom stereocenters. The summed E-state index contributed by atoms with van der Waals surface area (Å²) in [5.74, 6) is 0.462. The molecular weight excluding hydrogens is 442 g/mol. The molecular formula is C23H31N5O4S. The summed E-state index contributed by atoms with van der Waals surface area (Å²) < 4.78 is 36.0. The lowest BCUT2D eigenvalue weighted by Crippen LogP contribution is -2.59. The Hall–Kier alpha value is -2.43. The molecule has 2 aromatic rings. The summed E-state index contributed by atoms with van der Waals surface area (Å²) in [7, 11) is -1.47. The Kier molecular flexibility index (Phi) is 6.15. The average molecular weight is 474 g/mol. The third kappa shape index (κ3) is 4.64. The minimum Gasteiger partial charge on any atom is -0.490 e. The third-order valence-electron chi connectivity index (χ3n) is 6.97. The van der Waals surface area contributed by atoms with Crippen LogP contribution in [0.25, 0.3) is 11.1 Å². The molecule has 0 spiro atoms. The molecule has 2 fully saturated rings. The molecule has 5 rings (SSSR count). The number of nitrogens with one attached hydrogen (secondary N) is 1. The van der Waals surface area contributed by atoms with Crippen LogP contribution in [-0.2, 0) is 21.9 Å². The van der Waals surface area contributed by atoms with Gasteiger partial charge in [-0.25, -0.2) is 8.42 Å². The normalized spacial score (nSPS) is 23.4. The van der Waals surface area contributed by atoms with Crippen molar-refractivity contribution in [2.45, 2.75) is 43.4 Å². The van der Waals surface area contributed by atoms with Crippen LogP contribution >= 0.6 is 0 Å². The van der Waals surface area contributed by atoms with Gasteiger partial charge >= 0.3 is 0 Å². The van der Waals surface area contributed by atoms with Crippen LogP contribution in [0.2, 0.25) is 0 Å². The first-order chi connectivity index (χ1) is 15.9. The second-order valence-corrected chi connectivity index (χ2v) is 11.5. The molecule has 0 radical (unpaired) electrons. The Morgan fingerprint density at radius 1 is 1.12 bits per heavy atom. The molecule has 3 heterocycles. The van der Waals surface area contributed by atoms with Gasteiger partial charge in [-0.05, 0) is 30.5 Å². The van der Waals surface area contributed by atoms with E-state index in [0.29, 0.717) is 37.7 Å². The number of aryl methyl sites for hydroxylation is 1. The topological polar surface area (TPSA) is 96.8 Å². The standard InChI is InChI=1S/C23H31N5O4S/c1-26-13-18(12-24-26)17-7-8-22-21(11-17)25-23(29)15-27-9-10-28(14-19(27)16-32-22)33(30,31)20-5-3-2-4-6-20/h7-8,11-13,19-20H,2-6,9-10,14-16H2,1H3,(H,25,29)/t19-/m0/s1. The zero-order valence-electron chi connectivity index (χ0n) is 18.9. The summed E-state index contributed by atoms with van der Waals surface area (Å²) in [6, 6.07) is 5.52. The number of rotatable bonds is 3. The van der Waals surface area contributed by atoms with Gasteiger partial charge in [0.25, 0.3) is 0 Å². The molecule has 3 aliphatic rings. The van der Waals surface area contributed by atoms with Crippen LogP contribution < -0.4 is 10.1 Å². The van der Waals surface area contributed by atoms with E-state index in [1.807, 2.05) is 36.3 Å². The lowest BCUT2D eigenvalue weighted by Gasteiger charge is -2.41. The van der Waals surface area contributed by atoms with Gasteiger partial charge in [0.1, 0.15) is 12.4 Å². The first kappa shape index (κ1) is 22.4. The molecule has 178 valence electrons. The predicted molar refractivity (Wildman–Crippen MR) is 125 cm³/mol. The van der Waals surface area contributed by atoms with E-state index in [1.165, 1.54) is 0 Å². The monoisotopic (exact) mass is 473 g/mol. The highest BCUT2D eigenvalue weighted by atomic mass is 32.2. The number of aromatic nitrogens is 2. The molecule has 1 aromatic carbocycles. The lowest BCUT2D eigenvalue weighted by atomic mass is 10.0. The van der Waals surface area contributed by atoms with Crippen LogP contribution in [0.3, 0.4) is 0 Å². The predicted octanol–water partition coefficient (Wildman–Crippen LogP) is 2.07. The minimum absolute atomic E-state index is 0.126. The molecule has 2 aliphatic heterocycles. The van der Waals surface area contributed by atoms with Crippen molar-refractivity contribution >= 4 is 21.6 Å². The minimum atomic E-state index is -3.33. The molecule has 1 N–H and O–H groups in total. The first-order valence-electron chi connectivity index (χ1n) is 11.7. The van der Waals surface area contributed by atoms with Crippen molar-refractivity contribution in [3.05, 3.63) is 30.6 Å². The zero-order chi connectivity index (χ0) is 23.0. The number of piperazine rings is 1. The van der Waals surface area contributed by atoms with E-state index in [-0.39, 0.29) is 23.7 Å². The SMILES string of the molecule is Cn1cc(-c2ccc3c(c2)NC(=O)CN2CCN(S(=O)(=O)C4CCCCC4)C[C@H]2CO3)cn1. The molecule has 1 aliphatic carbocycles. The van der Waals surface area contributed by atoms with Gasteiger partial charge < -0.3 is 10.1 Å². The van der Waals surface area contributed by atoms with Crippen molar-refractivity contribution in [2.75, 3.05) is 38.1 Å². The number of sulfonamides is 1. The van der Waals surface area contributed by atoms with E-state index in [1.54, 1.807) is 15.2 Å². The van der Waals surface area contributed by atoms with Crippen molar-refractivity contribution in [1.82, 2.24) is 19.0 Å². The number of anilines is 1. The van der Waals surface area contributed by atoms with Crippen LogP contribution in [0.1, 0.15) is 32.1 Å². The van der Waals surface area contributed by atoms with Gasteiger partial charge in [0, 0.05) is 38.4 Å². The molecule has 0 unspecified atom stereocenters. The average Bonchev–Trinajstić information content (AvgIpc) is 3.27. The third-order valence-corrected chi connectivity index (χ3v) is 9.34. The van der Waals surface area contributed by atoms with Crippen molar-refractivity contribution in [2.24, 2.45) is 7.05 Å². The van der Waals surface area contributed by atoms with Gasteiger partial charge in [-0.1, -0.05) is 25.3 Å². The number of carbonyl (C=O) groups excluding carboxylic acids is 1. The second kappa shape index (κ2) is 9.08. The number of benzene rings is 1. The maximum Gasteiger partial charge on any atom is 0.238 e. The zero-order valence-corrected chi connectivity index (χ0v) is 19.8. The van der Waals surface area contributed by atoms with Crippen LogP contribution in [0.5, 0.6) is 5.75 Å². The maximum atomic E-state index is 13.3. The molecule has 1 aromatic heterocycles. The van der Waals surface area contributed by atoms with Gasteiger partial charge in [-0.3, -0.25) is 14.4 Å². The molecule has 33 heavy (non-hydrogen) atoms. The van der Waals surface area contributed by atoms with E-state index in [0.717, 1.165) is 43.2 Å². The second-order valence-electron chi connectivity index (χ2n) is 9.26. The Morgan fingerprint density at radius 2 is 1.94 bits per heavy atom. The van der Waals surface area contributed by atoms with Gasteiger partial charge in [0.15, 0.2) is 0 Å². The summed E-state index contributed by atoms with van der Waals surface area (Å²) in [6.07, 6.45) is 8.27. The number of hydrogen-bond acceptors (Lipinski definition) is 6. The van der Waals surface area contributed by atoms with E-state index < -0.39 is 10.0 Å². The Labute approximate surface area is 194 Å². The Morgan fingerprint density at radius 3 is 2.70 bits per heavy atom. The fourth-order valence-corrected chi connectivity index (χ4v) is 7.17. The van der Waals surface area contributed by atoms with E-state index in [9.17, 15) is 13.2 Å². The summed E-state index contributed by atoms with van der Waals surface area (Å²) in [5, 5.41) is 6.92. The summed E-state index contributed by atoms with van der Waals surface area (Å²) >= 11 is 0. The van der Waals surface area contributed by atoms with E-state index >= 15 is 0 Å². The smallest absolute Gasteiger partial charge is 0.238 e. The molecule has 9 nitrogen and oxygen atoms in total. The maximum absolute atomic E-state index is 13.3. The van der Waals surface area contributed by atoms with Crippen molar-refractivity contribution in [3.63, 3.8) is 0 Å². The number of carbonyl (C=O) groups is 1. The van der Waals surface area contributed by atoms with Crippen LogP contribution in [-0.4, -0.2) is 77.4 Å². The molecule has 1 saturated carbocycles. The van der Waals surface area contributed by atoms with Gasteiger partial charge in [0.2, 0.25) is 15.9 Å². The fourth-order valence-electron chi connectivity index (χ4n) is 5.10. The van der Waals surface area contributed by atoms with Gasteiger partial charge in [0.05, 0.1) is 29.7 Å². The molecule has 1 saturated heterocycles. The van der Waals surface area contributed by atoms with Gasteiger partial charge in [-0.2, -0.15) is 9.40 Å². The highest BCUT2D eigenvalue weighted by Crippen LogP contribution is 2.33. The molecule has 1 amide bonds. The number of hydrogen-bond donors (Lipinski definition) is 1. The number of nitrogens with zero attached hydrogens (tertiary/aromatic N) is 4. The van der Waals surface area contributed by atoms with Crippen molar-refractivity contribution in [1.29, 1.82) is 0 Å². The van der Waals surface area contributed by atoms with Crippen LogP contribution in [0.4, 0.5) is 5.69 Å². The Bertz CT molecular complexity index is 1130. The first-order valence-corrected chi connectivity index (χ1v) is 13.2. The van der Waals surface area contributed by atoms with Crippen molar-refractivity contribution in [3.8, 4) is 16.9 Å². The summed E-state index contributed by atoms with van der Waals surface area (Å²) in [6.45, 7) is 1.83. The van der Waals surface area contributed by atoms with E-state index in [2.05, 4.69) is 10.4 Å². The number of fused-ring (bicyclic) bond motifs is 2.